The van der Waals surface area contributed by atoms with Gasteiger partial charge in [-0.1, -0.05) is 13.8 Å². The van der Waals surface area contributed by atoms with E-state index in [-0.39, 0.29) is 5.91 Å². The number of carbonyl (C=O) groups is 1. The average Bonchev–Trinajstić information content (AvgIpc) is 2.39. The molecule has 5 nitrogen and oxygen atoms in total. The highest BCUT2D eigenvalue weighted by molar-refractivity contribution is 5.76. The molecule has 1 saturated heterocycles. The zero-order valence-corrected chi connectivity index (χ0v) is 13.4. The highest BCUT2D eigenvalue weighted by atomic mass is 16.1. The van der Waals surface area contributed by atoms with E-state index >= 15 is 0 Å². The Balaban J connectivity index is 2.13. The second-order valence-electron chi connectivity index (χ2n) is 6.43. The molecule has 1 rings (SSSR count). The normalized spacial score (nSPS) is 19.2. The lowest BCUT2D eigenvalue weighted by molar-refractivity contribution is -0.122. The first-order valence-corrected chi connectivity index (χ1v) is 7.89. The summed E-state index contributed by atoms with van der Waals surface area (Å²) in [6.07, 6.45) is 1.60. The lowest BCUT2D eigenvalue weighted by atomic mass is 9.94. The van der Waals surface area contributed by atoms with Crippen molar-refractivity contribution in [1.82, 2.24) is 15.1 Å². The molecule has 0 saturated carbocycles. The molecule has 118 valence electrons. The molecule has 1 unspecified atom stereocenters. The van der Waals surface area contributed by atoms with Crippen molar-refractivity contribution in [3.8, 4) is 0 Å². The Labute approximate surface area is 123 Å². The molecule has 0 bridgehead atoms. The van der Waals surface area contributed by atoms with Gasteiger partial charge in [-0.2, -0.15) is 0 Å². The van der Waals surface area contributed by atoms with E-state index < -0.39 is 0 Å². The summed E-state index contributed by atoms with van der Waals surface area (Å²) in [4.78, 5) is 16.6. The van der Waals surface area contributed by atoms with Gasteiger partial charge in [0, 0.05) is 45.7 Å². The Morgan fingerprint density at radius 1 is 1.25 bits per heavy atom. The summed E-state index contributed by atoms with van der Waals surface area (Å²) in [6, 6.07) is 0. The molecule has 1 heterocycles. The second-order valence-corrected chi connectivity index (χ2v) is 6.43. The molecule has 1 amide bonds. The summed E-state index contributed by atoms with van der Waals surface area (Å²) in [5.41, 5.74) is 5.74. The Bertz CT molecular complexity index is 275. The van der Waals surface area contributed by atoms with Crippen LogP contribution in [0.3, 0.4) is 0 Å². The molecule has 1 aliphatic rings. The van der Waals surface area contributed by atoms with E-state index in [1.54, 1.807) is 0 Å². The van der Waals surface area contributed by atoms with Crippen LogP contribution in [0.1, 0.15) is 26.7 Å². The predicted molar refractivity (Wildman–Crippen MR) is 83.6 cm³/mol. The summed E-state index contributed by atoms with van der Waals surface area (Å²) in [5.74, 6) is 1.07. The third kappa shape index (κ3) is 7.22. The Morgan fingerprint density at radius 3 is 2.45 bits per heavy atom. The number of piperazine rings is 1. The zero-order valence-electron chi connectivity index (χ0n) is 13.4. The van der Waals surface area contributed by atoms with Crippen LogP contribution < -0.4 is 11.1 Å². The van der Waals surface area contributed by atoms with Crippen LogP contribution in [0.5, 0.6) is 0 Å². The third-order valence-electron chi connectivity index (χ3n) is 3.96. The maximum atomic E-state index is 11.9. The Hall–Kier alpha value is -0.650. The number of likely N-dealkylation sites (N-methyl/N-ethyl adjacent to an activating group) is 1. The first kappa shape index (κ1) is 17.4. The average molecular weight is 284 g/mol. The molecule has 0 aliphatic carbocycles. The van der Waals surface area contributed by atoms with Gasteiger partial charge in [0.25, 0.3) is 0 Å². The second kappa shape index (κ2) is 9.32. The van der Waals surface area contributed by atoms with Crippen molar-refractivity contribution < 1.29 is 4.79 Å². The van der Waals surface area contributed by atoms with Crippen molar-refractivity contribution in [2.24, 2.45) is 17.6 Å². The highest BCUT2D eigenvalue weighted by Gasteiger charge is 2.15. The van der Waals surface area contributed by atoms with E-state index in [1.807, 2.05) is 0 Å². The number of hydrogen-bond donors (Lipinski definition) is 2. The van der Waals surface area contributed by atoms with Crippen LogP contribution in [0.4, 0.5) is 0 Å². The van der Waals surface area contributed by atoms with Gasteiger partial charge in [0.15, 0.2) is 0 Å². The molecule has 0 aromatic heterocycles. The van der Waals surface area contributed by atoms with E-state index in [4.69, 9.17) is 5.73 Å². The van der Waals surface area contributed by atoms with E-state index in [2.05, 4.69) is 36.0 Å². The largest absolute Gasteiger partial charge is 0.355 e. The fourth-order valence-corrected chi connectivity index (χ4v) is 2.69. The van der Waals surface area contributed by atoms with Crippen LogP contribution in [0.25, 0.3) is 0 Å². The van der Waals surface area contributed by atoms with Crippen LogP contribution in [0, 0.1) is 11.8 Å². The minimum atomic E-state index is 0.148. The van der Waals surface area contributed by atoms with Gasteiger partial charge >= 0.3 is 0 Å². The summed E-state index contributed by atoms with van der Waals surface area (Å²) in [6.45, 7) is 11.1. The van der Waals surface area contributed by atoms with Crippen molar-refractivity contribution in [3.05, 3.63) is 0 Å². The van der Waals surface area contributed by atoms with E-state index in [0.717, 1.165) is 45.7 Å². The standard InChI is InChI=1S/C15H32N4O/c1-13(2)10-14(12-16)11-15(20)17-4-5-19-8-6-18(3)7-9-19/h13-14H,4-12,16H2,1-3H3,(H,17,20). The third-order valence-corrected chi connectivity index (χ3v) is 3.96. The van der Waals surface area contributed by atoms with Crippen molar-refractivity contribution in [2.75, 3.05) is 52.9 Å². The Kier molecular flexibility index (Phi) is 8.11. The summed E-state index contributed by atoms with van der Waals surface area (Å²) >= 11 is 0. The van der Waals surface area contributed by atoms with E-state index in [9.17, 15) is 4.79 Å². The van der Waals surface area contributed by atoms with Crippen LogP contribution >= 0.6 is 0 Å². The SMILES string of the molecule is CC(C)CC(CN)CC(=O)NCCN1CCN(C)CC1. The maximum absolute atomic E-state index is 11.9. The van der Waals surface area contributed by atoms with Gasteiger partial charge < -0.3 is 16.0 Å². The number of rotatable bonds is 8. The van der Waals surface area contributed by atoms with Crippen molar-refractivity contribution in [1.29, 1.82) is 0 Å². The predicted octanol–water partition coefficient (Wildman–Crippen LogP) is 0.361. The monoisotopic (exact) mass is 284 g/mol. The van der Waals surface area contributed by atoms with Gasteiger partial charge in [0.1, 0.15) is 0 Å². The molecule has 0 spiro atoms. The molecule has 0 aromatic rings. The molecule has 20 heavy (non-hydrogen) atoms. The van der Waals surface area contributed by atoms with Crippen LogP contribution in [0.2, 0.25) is 0 Å². The lowest BCUT2D eigenvalue weighted by Gasteiger charge is -2.32. The summed E-state index contributed by atoms with van der Waals surface area (Å²) in [5, 5.41) is 3.03. The number of nitrogens with two attached hydrogens (primary N) is 1. The highest BCUT2D eigenvalue weighted by Crippen LogP contribution is 2.13. The number of hydrogen-bond acceptors (Lipinski definition) is 4. The van der Waals surface area contributed by atoms with Gasteiger partial charge in [-0.25, -0.2) is 0 Å². The van der Waals surface area contributed by atoms with Crippen molar-refractivity contribution >= 4 is 5.91 Å². The van der Waals surface area contributed by atoms with Gasteiger partial charge in [0.2, 0.25) is 5.91 Å². The topological polar surface area (TPSA) is 61.6 Å². The lowest BCUT2D eigenvalue weighted by Crippen LogP contribution is -2.47. The smallest absolute Gasteiger partial charge is 0.220 e. The number of carbonyl (C=O) groups excluding carboxylic acids is 1. The maximum Gasteiger partial charge on any atom is 0.220 e. The molecule has 0 aromatic carbocycles. The molecular weight excluding hydrogens is 252 g/mol. The summed E-state index contributed by atoms with van der Waals surface area (Å²) in [7, 11) is 2.15. The minimum Gasteiger partial charge on any atom is -0.355 e. The van der Waals surface area contributed by atoms with Crippen molar-refractivity contribution in [2.45, 2.75) is 26.7 Å². The number of nitrogens with zero attached hydrogens (tertiary/aromatic N) is 2. The molecule has 3 N–H and O–H groups in total. The van der Waals surface area contributed by atoms with Crippen molar-refractivity contribution in [3.63, 3.8) is 0 Å². The van der Waals surface area contributed by atoms with Gasteiger partial charge in [0.05, 0.1) is 0 Å². The molecular formula is C15H32N4O. The van der Waals surface area contributed by atoms with Gasteiger partial charge in [-0.05, 0) is 31.8 Å². The number of nitrogens with one attached hydrogen (secondary N) is 1. The molecule has 1 aliphatic heterocycles. The van der Waals surface area contributed by atoms with Gasteiger partial charge in [-0.3, -0.25) is 9.69 Å². The van der Waals surface area contributed by atoms with Crippen LogP contribution in [-0.2, 0) is 4.79 Å². The fraction of sp³-hybridized carbons (Fsp3) is 0.933. The van der Waals surface area contributed by atoms with Crippen LogP contribution in [-0.4, -0.2) is 68.6 Å². The number of amides is 1. The van der Waals surface area contributed by atoms with Crippen LogP contribution in [0.15, 0.2) is 0 Å². The first-order valence-electron chi connectivity index (χ1n) is 7.89. The minimum absolute atomic E-state index is 0.148. The quantitative estimate of drug-likeness (QED) is 0.676. The summed E-state index contributed by atoms with van der Waals surface area (Å²) < 4.78 is 0. The molecule has 1 atom stereocenters. The molecule has 5 heteroatoms. The molecule has 0 radical (unpaired) electrons. The van der Waals surface area contributed by atoms with E-state index in [0.29, 0.717) is 24.8 Å². The van der Waals surface area contributed by atoms with Gasteiger partial charge in [-0.15, -0.1) is 0 Å². The van der Waals surface area contributed by atoms with E-state index in [1.165, 1.54) is 0 Å². The first-order chi connectivity index (χ1) is 9.51. The fourth-order valence-electron chi connectivity index (χ4n) is 2.69. The Morgan fingerprint density at radius 2 is 1.90 bits per heavy atom. The zero-order chi connectivity index (χ0) is 15.0. The molecule has 1 fully saturated rings.